The normalized spacial score (nSPS) is 10.6. The van der Waals surface area contributed by atoms with Crippen molar-refractivity contribution >= 4 is 11.3 Å². The van der Waals surface area contributed by atoms with E-state index in [4.69, 9.17) is 0 Å². The molecule has 0 aliphatic rings. The van der Waals surface area contributed by atoms with Gasteiger partial charge in [-0.25, -0.2) is 15.0 Å². The van der Waals surface area contributed by atoms with Crippen molar-refractivity contribution < 1.29 is 0 Å². The summed E-state index contributed by atoms with van der Waals surface area (Å²) in [6.45, 7) is 5.74. The number of hydrogen-bond donors (Lipinski definition) is 1. The molecule has 2 aromatic rings. The third-order valence-corrected chi connectivity index (χ3v) is 3.02. The van der Waals surface area contributed by atoms with E-state index in [1.165, 1.54) is 0 Å². The molecule has 5 heteroatoms. The molecule has 2 rings (SSSR count). The van der Waals surface area contributed by atoms with Crippen LogP contribution in [0.25, 0.3) is 10.7 Å². The Labute approximate surface area is 98.8 Å². The van der Waals surface area contributed by atoms with Gasteiger partial charge in [0.2, 0.25) is 0 Å². The number of nitrogens with one attached hydrogen (secondary N) is 1. The second-order valence-corrected chi connectivity index (χ2v) is 4.27. The summed E-state index contributed by atoms with van der Waals surface area (Å²) in [6.07, 6.45) is 1.77. The Morgan fingerprint density at radius 3 is 3.00 bits per heavy atom. The van der Waals surface area contributed by atoms with Crippen LogP contribution in [0.1, 0.15) is 18.4 Å². The van der Waals surface area contributed by atoms with E-state index in [-0.39, 0.29) is 0 Å². The Morgan fingerprint density at radius 2 is 2.25 bits per heavy atom. The molecule has 84 valence electrons. The Balaban J connectivity index is 2.18. The van der Waals surface area contributed by atoms with Crippen molar-refractivity contribution in [3.05, 3.63) is 29.2 Å². The fourth-order valence-electron chi connectivity index (χ4n) is 1.33. The Kier molecular flexibility index (Phi) is 3.58. The highest BCUT2D eigenvalue weighted by Crippen LogP contribution is 2.21. The summed E-state index contributed by atoms with van der Waals surface area (Å²) in [7, 11) is 0. The van der Waals surface area contributed by atoms with Crippen LogP contribution in [0.15, 0.2) is 17.6 Å². The maximum atomic E-state index is 4.52. The summed E-state index contributed by atoms with van der Waals surface area (Å²) in [5.74, 6) is 0.779. The lowest BCUT2D eigenvalue weighted by molar-refractivity contribution is 0.714. The van der Waals surface area contributed by atoms with Crippen molar-refractivity contribution in [2.45, 2.75) is 20.4 Å². The minimum atomic E-state index is 0.779. The SMILES string of the molecule is CCNCc1csc(-c2ccnc(C)n2)n1. The number of aryl methyl sites for hydroxylation is 1. The van der Waals surface area contributed by atoms with Gasteiger partial charge in [-0.05, 0) is 19.5 Å². The molecule has 2 aromatic heterocycles. The van der Waals surface area contributed by atoms with E-state index in [1.54, 1.807) is 17.5 Å². The van der Waals surface area contributed by atoms with Gasteiger partial charge in [-0.3, -0.25) is 0 Å². The quantitative estimate of drug-likeness (QED) is 0.879. The molecule has 4 nitrogen and oxygen atoms in total. The van der Waals surface area contributed by atoms with Gasteiger partial charge >= 0.3 is 0 Å². The minimum absolute atomic E-state index is 0.779. The summed E-state index contributed by atoms with van der Waals surface area (Å²) in [5, 5.41) is 6.27. The van der Waals surface area contributed by atoms with Gasteiger partial charge in [0.15, 0.2) is 0 Å². The van der Waals surface area contributed by atoms with E-state index >= 15 is 0 Å². The van der Waals surface area contributed by atoms with Gasteiger partial charge in [0.1, 0.15) is 16.5 Å². The summed E-state index contributed by atoms with van der Waals surface area (Å²) < 4.78 is 0. The van der Waals surface area contributed by atoms with Gasteiger partial charge in [-0.15, -0.1) is 11.3 Å². The van der Waals surface area contributed by atoms with Crippen molar-refractivity contribution in [2.75, 3.05) is 6.54 Å². The van der Waals surface area contributed by atoms with E-state index in [1.807, 2.05) is 13.0 Å². The first-order chi connectivity index (χ1) is 7.79. The molecule has 0 spiro atoms. The van der Waals surface area contributed by atoms with Gasteiger partial charge in [-0.2, -0.15) is 0 Å². The molecule has 0 unspecified atom stereocenters. The molecule has 0 aliphatic carbocycles. The summed E-state index contributed by atoms with van der Waals surface area (Å²) >= 11 is 1.62. The molecule has 0 bridgehead atoms. The van der Waals surface area contributed by atoms with Crippen molar-refractivity contribution in [3.8, 4) is 10.7 Å². The lowest BCUT2D eigenvalue weighted by atomic mass is 10.4. The van der Waals surface area contributed by atoms with E-state index in [2.05, 4.69) is 32.6 Å². The standard InChI is InChI=1S/C11H14N4S/c1-3-12-6-9-7-16-11(15-9)10-4-5-13-8(2)14-10/h4-5,7,12H,3,6H2,1-2H3. The van der Waals surface area contributed by atoms with Crippen LogP contribution in [0, 0.1) is 6.92 Å². The monoisotopic (exact) mass is 234 g/mol. The molecule has 0 atom stereocenters. The Bertz CT molecular complexity index is 467. The number of hydrogen-bond acceptors (Lipinski definition) is 5. The zero-order valence-corrected chi connectivity index (χ0v) is 10.2. The third-order valence-electron chi connectivity index (χ3n) is 2.10. The van der Waals surface area contributed by atoms with Gasteiger partial charge in [0.05, 0.1) is 5.69 Å². The molecule has 0 amide bonds. The van der Waals surface area contributed by atoms with Crippen LogP contribution >= 0.6 is 11.3 Å². The molecular formula is C11H14N4S. The number of nitrogens with zero attached hydrogens (tertiary/aromatic N) is 3. The zero-order chi connectivity index (χ0) is 11.4. The van der Waals surface area contributed by atoms with Crippen LogP contribution in [0.3, 0.4) is 0 Å². The van der Waals surface area contributed by atoms with Gasteiger partial charge in [0.25, 0.3) is 0 Å². The molecule has 16 heavy (non-hydrogen) atoms. The van der Waals surface area contributed by atoms with Crippen LogP contribution in [0.2, 0.25) is 0 Å². The largest absolute Gasteiger partial charge is 0.311 e. The smallest absolute Gasteiger partial charge is 0.142 e. The number of aromatic nitrogens is 3. The summed E-state index contributed by atoms with van der Waals surface area (Å²) in [5.41, 5.74) is 1.97. The van der Waals surface area contributed by atoms with Crippen LogP contribution in [0.4, 0.5) is 0 Å². The third kappa shape index (κ3) is 2.62. The molecule has 0 aromatic carbocycles. The Morgan fingerprint density at radius 1 is 1.38 bits per heavy atom. The van der Waals surface area contributed by atoms with Crippen molar-refractivity contribution in [1.82, 2.24) is 20.3 Å². The van der Waals surface area contributed by atoms with Crippen LogP contribution in [0.5, 0.6) is 0 Å². The van der Waals surface area contributed by atoms with Crippen molar-refractivity contribution in [1.29, 1.82) is 0 Å². The average molecular weight is 234 g/mol. The highest BCUT2D eigenvalue weighted by molar-refractivity contribution is 7.13. The highest BCUT2D eigenvalue weighted by Gasteiger charge is 2.05. The molecule has 0 aliphatic heterocycles. The minimum Gasteiger partial charge on any atom is -0.311 e. The summed E-state index contributed by atoms with van der Waals surface area (Å²) in [6, 6.07) is 1.89. The second-order valence-electron chi connectivity index (χ2n) is 3.41. The molecule has 2 heterocycles. The predicted octanol–water partition coefficient (Wildman–Crippen LogP) is 2.02. The Hall–Kier alpha value is -1.33. The molecular weight excluding hydrogens is 220 g/mol. The lowest BCUT2D eigenvalue weighted by Gasteiger charge is -1.97. The van der Waals surface area contributed by atoms with Gasteiger partial charge in [-0.1, -0.05) is 6.92 Å². The summed E-state index contributed by atoms with van der Waals surface area (Å²) in [4.78, 5) is 13.0. The van der Waals surface area contributed by atoms with Gasteiger partial charge in [0, 0.05) is 18.1 Å². The van der Waals surface area contributed by atoms with Crippen LogP contribution in [-0.2, 0) is 6.54 Å². The van der Waals surface area contributed by atoms with E-state index in [0.29, 0.717) is 0 Å². The fourth-order valence-corrected chi connectivity index (χ4v) is 2.12. The first-order valence-corrected chi connectivity index (χ1v) is 6.12. The van der Waals surface area contributed by atoms with Crippen LogP contribution in [-0.4, -0.2) is 21.5 Å². The maximum Gasteiger partial charge on any atom is 0.142 e. The topological polar surface area (TPSA) is 50.7 Å². The maximum absolute atomic E-state index is 4.52. The molecule has 1 N–H and O–H groups in total. The van der Waals surface area contributed by atoms with Crippen molar-refractivity contribution in [2.24, 2.45) is 0 Å². The first-order valence-electron chi connectivity index (χ1n) is 5.24. The van der Waals surface area contributed by atoms with Crippen molar-refractivity contribution in [3.63, 3.8) is 0 Å². The van der Waals surface area contributed by atoms with Gasteiger partial charge < -0.3 is 5.32 Å². The average Bonchev–Trinajstić information content (AvgIpc) is 2.75. The zero-order valence-electron chi connectivity index (χ0n) is 9.40. The van der Waals surface area contributed by atoms with E-state index in [0.717, 1.165) is 35.3 Å². The molecule has 0 fully saturated rings. The molecule has 0 saturated carbocycles. The highest BCUT2D eigenvalue weighted by atomic mass is 32.1. The van der Waals surface area contributed by atoms with E-state index in [9.17, 15) is 0 Å². The lowest BCUT2D eigenvalue weighted by Crippen LogP contribution is -2.11. The van der Waals surface area contributed by atoms with E-state index < -0.39 is 0 Å². The van der Waals surface area contributed by atoms with Crippen LogP contribution < -0.4 is 5.32 Å². The first kappa shape index (κ1) is 11.2. The molecule has 0 radical (unpaired) electrons. The number of rotatable bonds is 4. The second kappa shape index (κ2) is 5.14. The fraction of sp³-hybridized carbons (Fsp3) is 0.364. The number of thiazole rings is 1. The predicted molar refractivity (Wildman–Crippen MR) is 65.3 cm³/mol. The molecule has 0 saturated heterocycles.